The van der Waals surface area contributed by atoms with Gasteiger partial charge in [0.15, 0.2) is 0 Å². The van der Waals surface area contributed by atoms with E-state index in [0.29, 0.717) is 27.4 Å². The lowest BCUT2D eigenvalue weighted by atomic mass is 9.99. The number of hydrogen-bond acceptors (Lipinski definition) is 6. The van der Waals surface area contributed by atoms with E-state index in [0.717, 1.165) is 0 Å². The van der Waals surface area contributed by atoms with Crippen LogP contribution in [0.3, 0.4) is 0 Å². The number of Topliss-reactive ketones (excluding diaryl/α,β-unsaturated/α-hetero) is 1. The number of nitriles is 1. The van der Waals surface area contributed by atoms with Crippen LogP contribution < -0.4 is 9.64 Å². The maximum Gasteiger partial charge on any atom is 0.300 e. The van der Waals surface area contributed by atoms with Gasteiger partial charge in [0.05, 0.1) is 29.3 Å². The minimum Gasteiger partial charge on any atom is -0.507 e. The highest BCUT2D eigenvalue weighted by Gasteiger charge is 2.47. The fourth-order valence-corrected chi connectivity index (χ4v) is 4.56. The first-order valence-corrected chi connectivity index (χ1v) is 10.4. The Morgan fingerprint density at radius 2 is 1.94 bits per heavy atom. The molecule has 0 saturated carbocycles. The average molecular weight is 451 g/mol. The van der Waals surface area contributed by atoms with Crippen molar-refractivity contribution in [3.05, 3.63) is 86.6 Å². The van der Waals surface area contributed by atoms with Gasteiger partial charge in [-0.15, -0.1) is 11.3 Å². The van der Waals surface area contributed by atoms with Crippen molar-refractivity contribution >= 4 is 46.1 Å². The lowest BCUT2D eigenvalue weighted by Crippen LogP contribution is -2.29. The van der Waals surface area contributed by atoms with Crippen LogP contribution in [0, 0.1) is 11.3 Å². The summed E-state index contributed by atoms with van der Waals surface area (Å²) in [6, 6.07) is 15.8. The maximum atomic E-state index is 13.0. The number of carbonyl (C=O) groups excluding carboxylic acids is 2. The van der Waals surface area contributed by atoms with Gasteiger partial charge in [0, 0.05) is 16.1 Å². The normalized spacial score (nSPS) is 17.6. The Morgan fingerprint density at radius 1 is 1.19 bits per heavy atom. The number of aliphatic hydroxyl groups excluding tert-OH is 1. The number of hydrogen-bond donors (Lipinski definition) is 1. The lowest BCUT2D eigenvalue weighted by molar-refractivity contribution is -0.132. The Labute approximate surface area is 187 Å². The fraction of sp³-hybridized carbons (Fsp3) is 0.0870. The number of amides is 1. The summed E-state index contributed by atoms with van der Waals surface area (Å²) in [5.41, 5.74) is 1.15. The molecule has 0 bridgehead atoms. The van der Waals surface area contributed by atoms with E-state index in [9.17, 15) is 14.7 Å². The first-order chi connectivity index (χ1) is 15.0. The minimum absolute atomic E-state index is 0.0296. The van der Waals surface area contributed by atoms with E-state index in [2.05, 4.69) is 0 Å². The second kappa shape index (κ2) is 8.26. The molecular formula is C23H15ClN2O4S. The van der Waals surface area contributed by atoms with Crippen molar-refractivity contribution in [2.75, 3.05) is 12.0 Å². The van der Waals surface area contributed by atoms with Crippen molar-refractivity contribution in [3.8, 4) is 11.8 Å². The molecule has 0 spiro atoms. The summed E-state index contributed by atoms with van der Waals surface area (Å²) in [7, 11) is 1.47. The number of rotatable bonds is 4. The summed E-state index contributed by atoms with van der Waals surface area (Å²) in [6.07, 6.45) is 0. The molecule has 1 aromatic heterocycles. The molecule has 1 N–H and O–H groups in total. The molecule has 0 aliphatic carbocycles. The van der Waals surface area contributed by atoms with Crippen LogP contribution >= 0.6 is 22.9 Å². The van der Waals surface area contributed by atoms with Crippen molar-refractivity contribution in [2.45, 2.75) is 6.04 Å². The fourth-order valence-electron chi connectivity index (χ4n) is 3.48. The van der Waals surface area contributed by atoms with Gasteiger partial charge >= 0.3 is 0 Å². The standard InChI is InChI=1S/C23H15ClN2O4S/c1-30-17-9-6-14(11-16(17)24)21(27)19-20(18-3-2-10-31-18)26(23(29)22(19)28)15-7-4-13(12-25)5-8-15/h2-11,20,27H,1H3/b21-19-. The molecule has 2 aromatic carbocycles. The zero-order valence-electron chi connectivity index (χ0n) is 16.2. The third-order valence-corrected chi connectivity index (χ3v) is 6.18. The monoisotopic (exact) mass is 450 g/mol. The van der Waals surface area contributed by atoms with Crippen LogP contribution in [-0.2, 0) is 9.59 Å². The van der Waals surface area contributed by atoms with Crippen molar-refractivity contribution < 1.29 is 19.4 Å². The van der Waals surface area contributed by atoms with Crippen LogP contribution in [0.25, 0.3) is 5.76 Å². The number of aliphatic hydroxyl groups is 1. The second-order valence-corrected chi connectivity index (χ2v) is 8.08. The van der Waals surface area contributed by atoms with E-state index in [1.807, 2.05) is 17.5 Å². The lowest BCUT2D eigenvalue weighted by Gasteiger charge is -2.24. The summed E-state index contributed by atoms with van der Waals surface area (Å²) in [6.45, 7) is 0. The summed E-state index contributed by atoms with van der Waals surface area (Å²) in [5.74, 6) is -1.46. The summed E-state index contributed by atoms with van der Waals surface area (Å²) >= 11 is 7.56. The van der Waals surface area contributed by atoms with Gasteiger partial charge in [-0.05, 0) is 53.9 Å². The van der Waals surface area contributed by atoms with Crippen LogP contribution in [0.1, 0.15) is 22.0 Å². The molecule has 1 atom stereocenters. The molecule has 154 valence electrons. The van der Waals surface area contributed by atoms with Crippen LogP contribution in [0.15, 0.2) is 65.6 Å². The summed E-state index contributed by atoms with van der Waals surface area (Å²) in [4.78, 5) is 28.1. The Kier molecular flexibility index (Phi) is 5.51. The van der Waals surface area contributed by atoms with Gasteiger partial charge in [0.1, 0.15) is 17.6 Å². The Bertz CT molecular complexity index is 1240. The highest BCUT2D eigenvalue weighted by molar-refractivity contribution is 7.10. The minimum atomic E-state index is -0.811. The Hall–Kier alpha value is -3.60. The van der Waals surface area contributed by atoms with E-state index in [1.165, 1.54) is 29.4 Å². The van der Waals surface area contributed by atoms with Crippen molar-refractivity contribution in [2.24, 2.45) is 0 Å². The smallest absolute Gasteiger partial charge is 0.300 e. The predicted molar refractivity (Wildman–Crippen MR) is 118 cm³/mol. The number of ether oxygens (including phenoxy) is 1. The SMILES string of the molecule is COc1ccc(/C(O)=C2/C(=O)C(=O)N(c3ccc(C#N)cc3)C2c2cccs2)cc1Cl. The number of halogens is 1. The van der Waals surface area contributed by atoms with Gasteiger partial charge in [-0.25, -0.2) is 0 Å². The van der Waals surface area contributed by atoms with Crippen LogP contribution in [0.4, 0.5) is 5.69 Å². The van der Waals surface area contributed by atoms with Crippen molar-refractivity contribution in [1.29, 1.82) is 5.26 Å². The molecule has 1 unspecified atom stereocenters. The molecule has 8 heteroatoms. The molecule has 31 heavy (non-hydrogen) atoms. The third-order valence-electron chi connectivity index (χ3n) is 4.96. The van der Waals surface area contributed by atoms with E-state index in [-0.39, 0.29) is 16.4 Å². The molecule has 1 amide bonds. The Balaban J connectivity index is 1.89. The van der Waals surface area contributed by atoms with Gasteiger partial charge < -0.3 is 9.84 Å². The molecule has 0 radical (unpaired) electrons. The molecule has 2 heterocycles. The zero-order chi connectivity index (χ0) is 22.1. The third kappa shape index (κ3) is 3.56. The first kappa shape index (κ1) is 20.7. The van der Waals surface area contributed by atoms with Crippen molar-refractivity contribution in [1.82, 2.24) is 0 Å². The van der Waals surface area contributed by atoms with Crippen LogP contribution in [0.5, 0.6) is 5.75 Å². The number of methoxy groups -OCH3 is 1. The molecule has 6 nitrogen and oxygen atoms in total. The molecule has 1 aliphatic heterocycles. The molecule has 4 rings (SSSR count). The number of ketones is 1. The summed E-state index contributed by atoms with van der Waals surface area (Å²) < 4.78 is 5.14. The quantitative estimate of drug-likeness (QED) is 0.346. The second-order valence-electron chi connectivity index (χ2n) is 6.69. The number of benzene rings is 2. The largest absolute Gasteiger partial charge is 0.507 e. The number of thiophene rings is 1. The highest BCUT2D eigenvalue weighted by Crippen LogP contribution is 2.44. The van der Waals surface area contributed by atoms with Gasteiger partial charge in [0.25, 0.3) is 11.7 Å². The maximum absolute atomic E-state index is 13.0. The van der Waals surface area contributed by atoms with Crippen molar-refractivity contribution in [3.63, 3.8) is 0 Å². The van der Waals surface area contributed by atoms with Crippen LogP contribution in [0.2, 0.25) is 5.02 Å². The summed E-state index contributed by atoms with van der Waals surface area (Å²) in [5, 5.41) is 22.2. The van der Waals surface area contributed by atoms with Gasteiger partial charge in [-0.1, -0.05) is 17.7 Å². The van der Waals surface area contributed by atoms with E-state index >= 15 is 0 Å². The van der Waals surface area contributed by atoms with Gasteiger partial charge in [-0.3, -0.25) is 14.5 Å². The van der Waals surface area contributed by atoms with E-state index in [4.69, 9.17) is 21.6 Å². The topological polar surface area (TPSA) is 90.6 Å². The Morgan fingerprint density at radius 3 is 2.52 bits per heavy atom. The molecule has 1 fully saturated rings. The molecule has 1 saturated heterocycles. The van der Waals surface area contributed by atoms with E-state index in [1.54, 1.807) is 42.5 Å². The average Bonchev–Trinajstić information content (AvgIpc) is 3.40. The zero-order valence-corrected chi connectivity index (χ0v) is 17.8. The molecular weight excluding hydrogens is 436 g/mol. The van der Waals surface area contributed by atoms with Gasteiger partial charge in [-0.2, -0.15) is 5.26 Å². The molecule has 3 aromatic rings. The van der Waals surface area contributed by atoms with E-state index < -0.39 is 17.7 Å². The number of carbonyl (C=O) groups is 2. The highest BCUT2D eigenvalue weighted by atomic mass is 35.5. The number of anilines is 1. The van der Waals surface area contributed by atoms with Crippen LogP contribution in [-0.4, -0.2) is 23.9 Å². The molecule has 1 aliphatic rings. The van der Waals surface area contributed by atoms with Gasteiger partial charge in [0.2, 0.25) is 0 Å². The first-order valence-electron chi connectivity index (χ1n) is 9.14. The number of nitrogens with zero attached hydrogens (tertiary/aromatic N) is 2. The predicted octanol–water partition coefficient (Wildman–Crippen LogP) is 4.91.